The van der Waals surface area contributed by atoms with E-state index in [0.29, 0.717) is 23.1 Å². The topological polar surface area (TPSA) is 105 Å². The number of aromatic nitrogens is 2. The molecule has 0 atom stereocenters. The summed E-state index contributed by atoms with van der Waals surface area (Å²) in [6.07, 6.45) is 1.02. The van der Waals surface area contributed by atoms with Crippen LogP contribution in [0.15, 0.2) is 21.3 Å². The molecule has 0 aliphatic carbocycles. The lowest BCUT2D eigenvalue weighted by Gasteiger charge is -2.04. The standard InChI is InChI=1S/C17H17N3O4S2/c1-3-11-9(2)26-16(14(11)17(22)23)18-12(21)4-5-13-19-15(20-24-13)10-6-7-25-8-10/h6-8H,3-5H2,1-2H3,(H,18,21)(H,22,23). The Morgan fingerprint density at radius 2 is 2.19 bits per heavy atom. The van der Waals surface area contributed by atoms with Gasteiger partial charge in [0.05, 0.1) is 5.56 Å². The second kappa shape index (κ2) is 7.79. The largest absolute Gasteiger partial charge is 0.478 e. The summed E-state index contributed by atoms with van der Waals surface area (Å²) in [5.74, 6) is -0.446. The average Bonchev–Trinajstić information content (AvgIpc) is 3.32. The Balaban J connectivity index is 1.64. The summed E-state index contributed by atoms with van der Waals surface area (Å²) >= 11 is 2.82. The third-order valence-corrected chi connectivity index (χ3v) is 5.59. The van der Waals surface area contributed by atoms with Crippen LogP contribution in [0.5, 0.6) is 0 Å². The van der Waals surface area contributed by atoms with Crippen LogP contribution in [0.2, 0.25) is 0 Å². The monoisotopic (exact) mass is 391 g/mol. The van der Waals surface area contributed by atoms with Gasteiger partial charge in [0.15, 0.2) is 0 Å². The van der Waals surface area contributed by atoms with Gasteiger partial charge in [-0.25, -0.2) is 4.79 Å². The number of nitrogens with zero attached hydrogens (tertiary/aromatic N) is 2. The number of hydrogen-bond acceptors (Lipinski definition) is 7. The molecule has 0 saturated heterocycles. The number of carbonyl (C=O) groups is 2. The predicted octanol–water partition coefficient (Wildman–Crippen LogP) is 4.00. The van der Waals surface area contributed by atoms with Crippen LogP contribution >= 0.6 is 22.7 Å². The normalized spacial score (nSPS) is 10.8. The van der Waals surface area contributed by atoms with Crippen LogP contribution in [0, 0.1) is 6.92 Å². The third kappa shape index (κ3) is 3.83. The minimum Gasteiger partial charge on any atom is -0.478 e. The molecule has 0 aliphatic heterocycles. The van der Waals surface area contributed by atoms with Crippen molar-refractivity contribution in [2.45, 2.75) is 33.1 Å². The summed E-state index contributed by atoms with van der Waals surface area (Å²) in [7, 11) is 0. The van der Waals surface area contributed by atoms with Gasteiger partial charge >= 0.3 is 5.97 Å². The first-order valence-corrected chi connectivity index (χ1v) is 9.76. The van der Waals surface area contributed by atoms with Gasteiger partial charge in [-0.2, -0.15) is 16.3 Å². The number of carboxylic acid groups (broad SMARTS) is 1. The Bertz CT molecular complexity index is 928. The van der Waals surface area contributed by atoms with Gasteiger partial charge in [0.1, 0.15) is 5.00 Å². The minimum absolute atomic E-state index is 0.128. The Morgan fingerprint density at radius 1 is 1.38 bits per heavy atom. The number of rotatable bonds is 7. The summed E-state index contributed by atoms with van der Waals surface area (Å²) in [5, 5.41) is 20.2. The fraction of sp³-hybridized carbons (Fsp3) is 0.294. The Labute approximate surface area is 157 Å². The molecule has 0 radical (unpaired) electrons. The summed E-state index contributed by atoms with van der Waals surface area (Å²) in [6, 6.07) is 1.89. The van der Waals surface area contributed by atoms with Crippen LogP contribution in [0.25, 0.3) is 11.4 Å². The molecule has 1 amide bonds. The molecule has 0 bridgehead atoms. The van der Waals surface area contributed by atoms with Crippen molar-refractivity contribution in [3.63, 3.8) is 0 Å². The van der Waals surface area contributed by atoms with E-state index in [1.54, 1.807) is 0 Å². The molecule has 3 aromatic rings. The minimum atomic E-state index is -1.03. The van der Waals surface area contributed by atoms with Gasteiger partial charge < -0.3 is 14.9 Å². The van der Waals surface area contributed by atoms with Crippen LogP contribution < -0.4 is 5.32 Å². The van der Waals surface area contributed by atoms with Crippen molar-refractivity contribution >= 4 is 39.6 Å². The Morgan fingerprint density at radius 3 is 2.85 bits per heavy atom. The molecule has 9 heteroatoms. The van der Waals surface area contributed by atoms with Crippen LogP contribution in [0.3, 0.4) is 0 Å². The molecule has 0 aliphatic rings. The molecule has 3 aromatic heterocycles. The SMILES string of the molecule is CCc1c(C)sc(NC(=O)CCc2nc(-c3ccsc3)no2)c1C(=O)O. The van der Waals surface area contributed by atoms with Gasteiger partial charge in [0.25, 0.3) is 0 Å². The first kappa shape index (κ1) is 18.3. The summed E-state index contributed by atoms with van der Waals surface area (Å²) < 4.78 is 5.16. The quantitative estimate of drug-likeness (QED) is 0.631. The molecule has 26 heavy (non-hydrogen) atoms. The molecule has 3 heterocycles. The van der Waals surface area contributed by atoms with E-state index in [9.17, 15) is 14.7 Å². The molecule has 0 saturated carbocycles. The number of thiophene rings is 2. The molecular formula is C17H17N3O4S2. The number of carbonyl (C=O) groups excluding carboxylic acids is 1. The molecule has 0 fully saturated rings. The second-order valence-corrected chi connectivity index (χ2v) is 7.58. The maximum absolute atomic E-state index is 12.2. The molecule has 3 rings (SSSR count). The van der Waals surface area contributed by atoms with Crippen molar-refractivity contribution in [2.24, 2.45) is 0 Å². The zero-order valence-electron chi connectivity index (χ0n) is 14.2. The van der Waals surface area contributed by atoms with Crippen molar-refractivity contribution in [3.05, 3.63) is 38.7 Å². The number of carboxylic acids is 1. The lowest BCUT2D eigenvalue weighted by atomic mass is 10.1. The van der Waals surface area contributed by atoms with E-state index < -0.39 is 5.97 Å². The van der Waals surface area contributed by atoms with E-state index in [-0.39, 0.29) is 24.3 Å². The summed E-state index contributed by atoms with van der Waals surface area (Å²) in [4.78, 5) is 28.9. The number of aromatic carboxylic acids is 1. The maximum atomic E-state index is 12.2. The van der Waals surface area contributed by atoms with Gasteiger partial charge in [-0.3, -0.25) is 4.79 Å². The van der Waals surface area contributed by atoms with E-state index in [1.165, 1.54) is 22.7 Å². The Hall–Kier alpha value is -2.52. The van der Waals surface area contributed by atoms with Crippen molar-refractivity contribution in [2.75, 3.05) is 5.32 Å². The van der Waals surface area contributed by atoms with E-state index in [2.05, 4.69) is 15.5 Å². The van der Waals surface area contributed by atoms with Crippen LogP contribution in [-0.4, -0.2) is 27.1 Å². The second-order valence-electron chi connectivity index (χ2n) is 5.57. The van der Waals surface area contributed by atoms with Gasteiger partial charge in [0.2, 0.25) is 17.6 Å². The number of aryl methyl sites for hydroxylation is 2. The molecule has 0 spiro atoms. The molecule has 7 nitrogen and oxygen atoms in total. The third-order valence-electron chi connectivity index (χ3n) is 3.84. The van der Waals surface area contributed by atoms with Gasteiger partial charge in [-0.1, -0.05) is 12.1 Å². The molecule has 2 N–H and O–H groups in total. The fourth-order valence-corrected chi connectivity index (χ4v) is 4.38. The molecule has 0 aromatic carbocycles. The number of anilines is 1. The van der Waals surface area contributed by atoms with Crippen LogP contribution in [0.4, 0.5) is 5.00 Å². The highest BCUT2D eigenvalue weighted by molar-refractivity contribution is 7.16. The van der Waals surface area contributed by atoms with Crippen molar-refractivity contribution < 1.29 is 19.2 Å². The maximum Gasteiger partial charge on any atom is 0.339 e. The highest BCUT2D eigenvalue weighted by Crippen LogP contribution is 2.33. The van der Waals surface area contributed by atoms with E-state index in [4.69, 9.17) is 4.52 Å². The lowest BCUT2D eigenvalue weighted by Crippen LogP contribution is -2.14. The molecule has 136 valence electrons. The van der Waals surface area contributed by atoms with E-state index >= 15 is 0 Å². The van der Waals surface area contributed by atoms with Crippen molar-refractivity contribution in [1.29, 1.82) is 0 Å². The first-order chi connectivity index (χ1) is 12.5. The predicted molar refractivity (Wildman–Crippen MR) is 100.0 cm³/mol. The van der Waals surface area contributed by atoms with Gasteiger partial charge in [-0.05, 0) is 30.4 Å². The number of nitrogens with one attached hydrogen (secondary N) is 1. The molecule has 0 unspecified atom stereocenters. The zero-order chi connectivity index (χ0) is 18.7. The Kier molecular flexibility index (Phi) is 5.48. The van der Waals surface area contributed by atoms with Gasteiger partial charge in [-0.15, -0.1) is 11.3 Å². The van der Waals surface area contributed by atoms with Crippen molar-refractivity contribution in [1.82, 2.24) is 10.1 Å². The van der Waals surface area contributed by atoms with Crippen LogP contribution in [-0.2, 0) is 17.6 Å². The van der Waals surface area contributed by atoms with E-state index in [0.717, 1.165) is 16.0 Å². The van der Waals surface area contributed by atoms with Crippen molar-refractivity contribution in [3.8, 4) is 11.4 Å². The highest BCUT2D eigenvalue weighted by Gasteiger charge is 2.22. The highest BCUT2D eigenvalue weighted by atomic mass is 32.1. The average molecular weight is 391 g/mol. The van der Waals surface area contributed by atoms with E-state index in [1.807, 2.05) is 30.7 Å². The summed E-state index contributed by atoms with van der Waals surface area (Å²) in [6.45, 7) is 3.75. The smallest absolute Gasteiger partial charge is 0.339 e. The lowest BCUT2D eigenvalue weighted by molar-refractivity contribution is -0.116. The summed E-state index contributed by atoms with van der Waals surface area (Å²) in [5.41, 5.74) is 1.82. The molecular weight excluding hydrogens is 374 g/mol. The van der Waals surface area contributed by atoms with Gasteiger partial charge in [0, 0.05) is 28.7 Å². The zero-order valence-corrected chi connectivity index (χ0v) is 15.9. The number of amides is 1. The van der Waals surface area contributed by atoms with Crippen LogP contribution in [0.1, 0.15) is 40.0 Å². The number of hydrogen-bond donors (Lipinski definition) is 2. The fourth-order valence-electron chi connectivity index (χ4n) is 2.59. The first-order valence-electron chi connectivity index (χ1n) is 8.00.